The van der Waals surface area contributed by atoms with Crippen molar-refractivity contribution >= 4 is 5.97 Å². The van der Waals surface area contributed by atoms with Crippen LogP contribution in [0, 0.1) is 0 Å². The second-order valence-electron chi connectivity index (χ2n) is 4.59. The van der Waals surface area contributed by atoms with Gasteiger partial charge in [-0.25, -0.2) is 4.79 Å². The number of carbonyl (C=O) groups excluding carboxylic acids is 1. The molecule has 0 aromatic carbocycles. The summed E-state index contributed by atoms with van der Waals surface area (Å²) in [4.78, 5) is 11.8. The summed E-state index contributed by atoms with van der Waals surface area (Å²) in [7, 11) is 2.97. The van der Waals surface area contributed by atoms with Gasteiger partial charge >= 0.3 is 5.97 Å². The highest BCUT2D eigenvalue weighted by molar-refractivity contribution is 5.81. The number of methoxy groups -OCH3 is 2. The molecule has 0 bridgehead atoms. The highest BCUT2D eigenvalue weighted by atomic mass is 16.5. The minimum absolute atomic E-state index is 0.183. The molecular weight excluding hydrogens is 222 g/mol. The molecule has 1 rings (SSSR count). The fraction of sp³-hybridized carbons (Fsp3) is 0.917. The number of hydrogen-bond acceptors (Lipinski definition) is 5. The van der Waals surface area contributed by atoms with E-state index in [2.05, 4.69) is 5.32 Å². The van der Waals surface area contributed by atoms with E-state index < -0.39 is 5.54 Å². The normalized spacial score (nSPS) is 25.3. The summed E-state index contributed by atoms with van der Waals surface area (Å²) in [6.45, 7) is 5.09. The zero-order chi connectivity index (χ0) is 12.9. The summed E-state index contributed by atoms with van der Waals surface area (Å²) in [5, 5.41) is 3.21. The maximum atomic E-state index is 11.8. The number of nitrogens with one attached hydrogen (secondary N) is 1. The van der Waals surface area contributed by atoms with Gasteiger partial charge in [-0.05, 0) is 26.7 Å². The quantitative estimate of drug-likeness (QED) is 0.699. The predicted molar refractivity (Wildman–Crippen MR) is 63.9 cm³/mol. The largest absolute Gasteiger partial charge is 0.468 e. The monoisotopic (exact) mass is 245 g/mol. The Balaban J connectivity index is 2.59. The number of ether oxygens (including phenoxy) is 3. The van der Waals surface area contributed by atoms with Crippen LogP contribution >= 0.6 is 0 Å². The number of hydrogen-bond donors (Lipinski definition) is 1. The molecule has 0 aromatic rings. The van der Waals surface area contributed by atoms with Crippen LogP contribution < -0.4 is 5.32 Å². The van der Waals surface area contributed by atoms with Crippen LogP contribution in [0.4, 0.5) is 0 Å². The molecule has 1 aliphatic heterocycles. The molecule has 1 fully saturated rings. The highest BCUT2D eigenvalue weighted by Crippen LogP contribution is 2.17. The second kappa shape index (κ2) is 6.33. The van der Waals surface area contributed by atoms with Gasteiger partial charge in [-0.15, -0.1) is 0 Å². The molecule has 0 radical (unpaired) electrons. The molecule has 3 unspecified atom stereocenters. The van der Waals surface area contributed by atoms with Crippen molar-refractivity contribution in [2.75, 3.05) is 27.4 Å². The van der Waals surface area contributed by atoms with Crippen molar-refractivity contribution in [3.05, 3.63) is 0 Å². The van der Waals surface area contributed by atoms with Gasteiger partial charge in [0.25, 0.3) is 0 Å². The van der Waals surface area contributed by atoms with Crippen molar-refractivity contribution in [2.45, 2.75) is 44.4 Å². The van der Waals surface area contributed by atoms with E-state index in [0.29, 0.717) is 6.54 Å². The smallest absolute Gasteiger partial charge is 0.328 e. The number of carbonyl (C=O) groups is 1. The van der Waals surface area contributed by atoms with Gasteiger partial charge in [-0.1, -0.05) is 0 Å². The standard InChI is InChI=1S/C12H23NO4/c1-9(15-3)12(2,11(14)16-4)13-8-10-6-5-7-17-10/h9-10,13H,5-8H2,1-4H3. The lowest BCUT2D eigenvalue weighted by Crippen LogP contribution is -2.59. The first-order valence-corrected chi connectivity index (χ1v) is 6.02. The van der Waals surface area contributed by atoms with E-state index in [1.165, 1.54) is 7.11 Å². The molecule has 1 saturated heterocycles. The molecule has 0 aromatic heterocycles. The fourth-order valence-corrected chi connectivity index (χ4v) is 1.96. The molecule has 0 aliphatic carbocycles. The summed E-state index contributed by atoms with van der Waals surface area (Å²) in [6.07, 6.45) is 2.03. The minimum atomic E-state index is -0.838. The third-order valence-electron chi connectivity index (χ3n) is 3.50. The zero-order valence-corrected chi connectivity index (χ0v) is 11.1. The maximum absolute atomic E-state index is 11.8. The fourth-order valence-electron chi connectivity index (χ4n) is 1.96. The number of rotatable bonds is 6. The molecule has 0 saturated carbocycles. The van der Waals surface area contributed by atoms with Crippen LogP contribution in [0.15, 0.2) is 0 Å². The van der Waals surface area contributed by atoms with Gasteiger partial charge in [0.05, 0.1) is 19.3 Å². The van der Waals surface area contributed by atoms with Crippen molar-refractivity contribution < 1.29 is 19.0 Å². The average molecular weight is 245 g/mol. The Hall–Kier alpha value is -0.650. The Bertz CT molecular complexity index is 253. The van der Waals surface area contributed by atoms with Crippen LogP contribution in [0.1, 0.15) is 26.7 Å². The van der Waals surface area contributed by atoms with Crippen molar-refractivity contribution in [2.24, 2.45) is 0 Å². The summed E-state index contributed by atoms with van der Waals surface area (Å²) < 4.78 is 15.6. The summed E-state index contributed by atoms with van der Waals surface area (Å²) in [6, 6.07) is 0. The van der Waals surface area contributed by atoms with Gasteiger partial charge in [-0.3, -0.25) is 5.32 Å². The van der Waals surface area contributed by atoms with E-state index in [1.54, 1.807) is 14.0 Å². The summed E-state index contributed by atoms with van der Waals surface area (Å²) in [5.41, 5.74) is -0.838. The molecule has 17 heavy (non-hydrogen) atoms. The molecule has 5 nitrogen and oxygen atoms in total. The number of esters is 1. The molecule has 0 amide bonds. The molecule has 100 valence electrons. The zero-order valence-electron chi connectivity index (χ0n) is 11.1. The summed E-state index contributed by atoms with van der Waals surface area (Å²) >= 11 is 0. The first-order valence-electron chi connectivity index (χ1n) is 6.02. The van der Waals surface area contributed by atoms with Crippen LogP contribution in [-0.2, 0) is 19.0 Å². The Morgan fingerprint density at radius 1 is 1.59 bits per heavy atom. The molecule has 0 spiro atoms. The topological polar surface area (TPSA) is 56.8 Å². The van der Waals surface area contributed by atoms with Gasteiger partial charge in [0.15, 0.2) is 0 Å². The summed E-state index contributed by atoms with van der Waals surface area (Å²) in [5.74, 6) is -0.315. The molecule has 1 heterocycles. The van der Waals surface area contributed by atoms with Crippen LogP contribution in [0.5, 0.6) is 0 Å². The van der Waals surface area contributed by atoms with Gasteiger partial charge in [0.2, 0.25) is 0 Å². The molecule has 3 atom stereocenters. The van der Waals surface area contributed by atoms with E-state index in [9.17, 15) is 4.79 Å². The first kappa shape index (κ1) is 14.4. The first-order chi connectivity index (χ1) is 8.04. The lowest BCUT2D eigenvalue weighted by molar-refractivity contribution is -0.153. The maximum Gasteiger partial charge on any atom is 0.328 e. The van der Waals surface area contributed by atoms with Crippen LogP contribution in [0.25, 0.3) is 0 Å². The van der Waals surface area contributed by atoms with Gasteiger partial charge < -0.3 is 14.2 Å². The lowest BCUT2D eigenvalue weighted by atomic mass is 9.95. The van der Waals surface area contributed by atoms with Crippen molar-refractivity contribution in [3.8, 4) is 0 Å². The Kier molecular flexibility index (Phi) is 5.36. The highest BCUT2D eigenvalue weighted by Gasteiger charge is 2.40. The third kappa shape index (κ3) is 3.40. The third-order valence-corrected chi connectivity index (χ3v) is 3.50. The lowest BCUT2D eigenvalue weighted by Gasteiger charge is -2.33. The second-order valence-corrected chi connectivity index (χ2v) is 4.59. The Morgan fingerprint density at radius 2 is 2.29 bits per heavy atom. The molecule has 1 N–H and O–H groups in total. The van der Waals surface area contributed by atoms with E-state index in [-0.39, 0.29) is 18.2 Å². The van der Waals surface area contributed by atoms with Gasteiger partial charge in [0.1, 0.15) is 5.54 Å². The van der Waals surface area contributed by atoms with Gasteiger partial charge in [-0.2, -0.15) is 0 Å². The van der Waals surface area contributed by atoms with Crippen LogP contribution in [-0.4, -0.2) is 51.1 Å². The Labute approximate surface area is 103 Å². The molecule has 5 heteroatoms. The Morgan fingerprint density at radius 3 is 2.76 bits per heavy atom. The van der Waals surface area contributed by atoms with Crippen molar-refractivity contribution in [1.29, 1.82) is 0 Å². The van der Waals surface area contributed by atoms with Crippen LogP contribution in [0.3, 0.4) is 0 Å². The molecular formula is C12H23NO4. The van der Waals surface area contributed by atoms with Crippen LogP contribution in [0.2, 0.25) is 0 Å². The van der Waals surface area contributed by atoms with Crippen molar-refractivity contribution in [1.82, 2.24) is 5.32 Å². The van der Waals surface area contributed by atoms with Crippen molar-refractivity contribution in [3.63, 3.8) is 0 Å². The van der Waals surface area contributed by atoms with Gasteiger partial charge in [0, 0.05) is 20.3 Å². The van der Waals surface area contributed by atoms with E-state index in [1.807, 2.05) is 6.92 Å². The minimum Gasteiger partial charge on any atom is -0.468 e. The molecule has 1 aliphatic rings. The van der Waals surface area contributed by atoms with E-state index in [0.717, 1.165) is 19.4 Å². The predicted octanol–water partition coefficient (Wildman–Crippen LogP) is 0.722. The average Bonchev–Trinajstić information content (AvgIpc) is 2.86. The van der Waals surface area contributed by atoms with E-state index in [4.69, 9.17) is 14.2 Å². The SMILES string of the molecule is COC(=O)C(C)(NCC1CCCO1)C(C)OC. The van der Waals surface area contributed by atoms with E-state index >= 15 is 0 Å².